The lowest BCUT2D eigenvalue weighted by molar-refractivity contribution is 1.26. The highest BCUT2D eigenvalue weighted by Crippen LogP contribution is 2.45. The van der Waals surface area contributed by atoms with Crippen molar-refractivity contribution in [2.45, 2.75) is 6.92 Å². The van der Waals surface area contributed by atoms with Crippen molar-refractivity contribution in [1.29, 1.82) is 0 Å². The van der Waals surface area contributed by atoms with Crippen molar-refractivity contribution in [2.75, 3.05) is 9.80 Å². The summed E-state index contributed by atoms with van der Waals surface area (Å²) in [5, 5.41) is 8.47. The lowest BCUT2D eigenvalue weighted by atomic mass is 9.88. The fraction of sp³-hybridized carbons (Fsp3) is 0.0196. The van der Waals surface area contributed by atoms with Crippen molar-refractivity contribution >= 4 is 72.5 Å². The first-order valence-electron chi connectivity index (χ1n) is 18.2. The van der Waals surface area contributed by atoms with Crippen LogP contribution in [0.2, 0.25) is 0 Å². The van der Waals surface area contributed by atoms with Gasteiger partial charge in [-0.05, 0) is 105 Å². The minimum atomic E-state index is 1.11. The van der Waals surface area contributed by atoms with Crippen LogP contribution in [0.1, 0.15) is 12.5 Å². The van der Waals surface area contributed by atoms with Gasteiger partial charge in [0.25, 0.3) is 0 Å². The van der Waals surface area contributed by atoms with Crippen molar-refractivity contribution in [3.05, 3.63) is 211 Å². The summed E-state index contributed by atoms with van der Waals surface area (Å²) >= 11 is 0. The van der Waals surface area contributed by atoms with E-state index < -0.39 is 0 Å². The summed E-state index contributed by atoms with van der Waals surface area (Å²) in [7, 11) is 0. The quantitative estimate of drug-likeness (QED) is 0.117. The molecule has 0 heterocycles. The van der Waals surface area contributed by atoms with Crippen LogP contribution < -0.4 is 15.0 Å². The number of fused-ring (bicyclic) bond motifs is 2. The number of nitrogens with zero attached hydrogens (tertiary/aromatic N) is 2. The van der Waals surface area contributed by atoms with Gasteiger partial charge < -0.3 is 9.80 Å². The van der Waals surface area contributed by atoms with E-state index in [4.69, 9.17) is 0 Å². The molecule has 0 saturated carbocycles. The molecule has 0 aliphatic rings. The predicted molar refractivity (Wildman–Crippen MR) is 228 cm³/mol. The molecule has 0 bridgehead atoms. The van der Waals surface area contributed by atoms with Crippen LogP contribution in [-0.4, -0.2) is 0 Å². The molecule has 0 aromatic heterocycles. The SMILES string of the molecule is C=Cc1c2ccc(N(c3ccccc3)c3ccc(-c4ccccc4)cc3)c3cccc(c4ccc/c(=C(/C)N(c5ccccc5)c5ccccc5)c14)c32. The van der Waals surface area contributed by atoms with E-state index in [0.717, 1.165) is 39.7 Å². The van der Waals surface area contributed by atoms with Crippen molar-refractivity contribution in [2.24, 2.45) is 0 Å². The van der Waals surface area contributed by atoms with Gasteiger partial charge >= 0.3 is 0 Å². The van der Waals surface area contributed by atoms with Gasteiger partial charge in [0.05, 0.1) is 5.69 Å². The summed E-state index contributed by atoms with van der Waals surface area (Å²) in [6.45, 7) is 6.65. The maximum atomic E-state index is 4.42. The maximum absolute atomic E-state index is 4.42. The summed E-state index contributed by atoms with van der Waals surface area (Å²) < 4.78 is 0. The van der Waals surface area contributed by atoms with E-state index >= 15 is 0 Å². The highest BCUT2D eigenvalue weighted by atomic mass is 15.1. The smallest absolute Gasteiger partial charge is 0.0540 e. The second-order valence-electron chi connectivity index (χ2n) is 13.4. The molecule has 0 aliphatic carbocycles. The van der Waals surface area contributed by atoms with Gasteiger partial charge in [0.15, 0.2) is 0 Å². The van der Waals surface area contributed by atoms with Crippen LogP contribution in [0.5, 0.6) is 0 Å². The summed E-state index contributed by atoms with van der Waals surface area (Å²) in [5.41, 5.74) is 10.3. The zero-order valence-corrected chi connectivity index (χ0v) is 29.7. The van der Waals surface area contributed by atoms with Crippen molar-refractivity contribution in [1.82, 2.24) is 0 Å². The predicted octanol–water partition coefficient (Wildman–Crippen LogP) is 13.6. The van der Waals surface area contributed by atoms with E-state index in [1.807, 2.05) is 6.08 Å². The standard InChI is InChI=1S/C51H38N2/c1-3-43-47-34-35-49(53(41-24-14-7-15-25-41)42-32-30-38(31-33-42)37-18-8-4-9-19-37)48-29-17-28-46(51(47)48)45-27-16-26-44(50(43)45)36(2)52(39-20-10-5-11-21-39)40-22-12-6-13-23-40/h3-35H,1H2,2H3/b44-36+. The van der Waals surface area contributed by atoms with Crippen LogP contribution in [0.15, 0.2) is 201 Å². The molecule has 252 valence electrons. The molecule has 9 aromatic rings. The Morgan fingerprint density at radius 1 is 0.415 bits per heavy atom. The van der Waals surface area contributed by atoms with Gasteiger partial charge in [-0.15, -0.1) is 0 Å². The molecule has 0 amide bonds. The van der Waals surface area contributed by atoms with Gasteiger partial charge in [0, 0.05) is 39.1 Å². The Hall–Kier alpha value is -6.90. The van der Waals surface area contributed by atoms with Crippen molar-refractivity contribution in [3.63, 3.8) is 0 Å². The van der Waals surface area contributed by atoms with Gasteiger partial charge in [0.2, 0.25) is 0 Å². The molecular weight excluding hydrogens is 641 g/mol. The average Bonchev–Trinajstić information content (AvgIpc) is 3.23. The minimum Gasteiger partial charge on any atom is -0.314 e. The molecule has 2 nitrogen and oxygen atoms in total. The number of hydrogen-bond acceptors (Lipinski definition) is 2. The largest absolute Gasteiger partial charge is 0.314 e. The van der Waals surface area contributed by atoms with Gasteiger partial charge in [-0.25, -0.2) is 0 Å². The monoisotopic (exact) mass is 678 g/mol. The zero-order valence-electron chi connectivity index (χ0n) is 29.7. The third-order valence-electron chi connectivity index (χ3n) is 10.4. The van der Waals surface area contributed by atoms with Crippen LogP contribution in [0.3, 0.4) is 0 Å². The van der Waals surface area contributed by atoms with E-state index in [2.05, 4.69) is 217 Å². The molecule has 2 heteroatoms. The molecule has 0 radical (unpaired) electrons. The Labute approximate surface area is 310 Å². The van der Waals surface area contributed by atoms with E-state index in [9.17, 15) is 0 Å². The first-order valence-corrected chi connectivity index (χ1v) is 18.2. The number of hydrogen-bond donors (Lipinski definition) is 0. The number of para-hydroxylation sites is 3. The van der Waals surface area contributed by atoms with Gasteiger partial charge in [-0.2, -0.15) is 0 Å². The van der Waals surface area contributed by atoms with E-state index in [-0.39, 0.29) is 0 Å². The molecule has 53 heavy (non-hydrogen) atoms. The van der Waals surface area contributed by atoms with Crippen molar-refractivity contribution < 1.29 is 0 Å². The Bertz CT molecular complexity index is 2730. The second kappa shape index (κ2) is 13.7. The normalized spacial score (nSPS) is 11.9. The Balaban J connectivity index is 1.30. The van der Waals surface area contributed by atoms with Gasteiger partial charge in [-0.3, -0.25) is 0 Å². The van der Waals surface area contributed by atoms with Crippen LogP contribution >= 0.6 is 0 Å². The van der Waals surface area contributed by atoms with E-state index in [0.29, 0.717) is 0 Å². The molecule has 0 spiro atoms. The third kappa shape index (κ3) is 5.62. The van der Waals surface area contributed by atoms with Crippen LogP contribution in [0, 0.1) is 0 Å². The molecule has 0 aliphatic heterocycles. The van der Waals surface area contributed by atoms with Gasteiger partial charge in [0.1, 0.15) is 0 Å². The third-order valence-corrected chi connectivity index (χ3v) is 10.4. The Morgan fingerprint density at radius 2 is 0.906 bits per heavy atom. The fourth-order valence-corrected chi connectivity index (χ4v) is 8.00. The maximum Gasteiger partial charge on any atom is 0.0540 e. The minimum absolute atomic E-state index is 1.11. The summed E-state index contributed by atoms with van der Waals surface area (Å²) in [5.74, 6) is 0. The molecule has 0 atom stereocenters. The fourth-order valence-electron chi connectivity index (χ4n) is 8.00. The Morgan fingerprint density at radius 3 is 1.51 bits per heavy atom. The number of rotatable bonds is 8. The van der Waals surface area contributed by atoms with Crippen LogP contribution in [0.4, 0.5) is 28.4 Å². The lowest BCUT2D eigenvalue weighted by Crippen LogP contribution is -2.21. The molecule has 0 saturated heterocycles. The highest BCUT2D eigenvalue weighted by molar-refractivity contribution is 6.27. The Kier molecular flexibility index (Phi) is 8.26. The van der Waals surface area contributed by atoms with Crippen molar-refractivity contribution in [3.8, 4) is 11.1 Å². The summed E-state index contributed by atoms with van der Waals surface area (Å²) in [6.07, 6.45) is 2.05. The molecule has 9 aromatic carbocycles. The molecular formula is C51H38N2. The first kappa shape index (κ1) is 32.0. The van der Waals surface area contributed by atoms with Gasteiger partial charge in [-0.1, -0.05) is 152 Å². The summed E-state index contributed by atoms with van der Waals surface area (Å²) in [4.78, 5) is 4.74. The summed E-state index contributed by atoms with van der Waals surface area (Å²) in [6, 6.07) is 69.5. The van der Waals surface area contributed by atoms with Crippen LogP contribution in [0.25, 0.3) is 55.2 Å². The number of anilines is 5. The number of benzene rings is 9. The molecule has 0 unspecified atom stereocenters. The zero-order chi connectivity index (χ0) is 35.7. The molecule has 9 rings (SSSR count). The topological polar surface area (TPSA) is 6.48 Å². The molecule has 0 N–H and O–H groups in total. The van der Waals surface area contributed by atoms with E-state index in [1.165, 1.54) is 48.7 Å². The first-order chi connectivity index (χ1) is 26.2. The highest BCUT2D eigenvalue weighted by Gasteiger charge is 2.21. The molecule has 0 fully saturated rings. The lowest BCUT2D eigenvalue weighted by Gasteiger charge is -2.28. The van der Waals surface area contributed by atoms with E-state index in [1.54, 1.807) is 0 Å². The van der Waals surface area contributed by atoms with Crippen LogP contribution in [-0.2, 0) is 0 Å². The average molecular weight is 679 g/mol. The second-order valence-corrected chi connectivity index (χ2v) is 13.4.